The average molecular weight is 207 g/mol. The van der Waals surface area contributed by atoms with Crippen LogP contribution in [-0.2, 0) is 14.8 Å². The van der Waals surface area contributed by atoms with Crippen molar-refractivity contribution in [2.45, 2.75) is 6.04 Å². The smallest absolute Gasteiger partial charge is 0.235 e. The normalized spacial score (nSPS) is 25.8. The van der Waals surface area contributed by atoms with Crippen LogP contribution in [0, 0.1) is 0 Å². The number of amides is 1. The van der Waals surface area contributed by atoms with Gasteiger partial charge in [0.1, 0.15) is 6.04 Å². The fraction of sp³-hybridized carbons (Fsp3) is 0.833. The fourth-order valence-electron chi connectivity index (χ4n) is 1.21. The summed E-state index contributed by atoms with van der Waals surface area (Å²) in [5.41, 5.74) is 5.05. The predicted octanol–water partition coefficient (Wildman–Crippen LogP) is -2.29. The summed E-state index contributed by atoms with van der Waals surface area (Å²) in [4.78, 5) is 10.8. The summed E-state index contributed by atoms with van der Waals surface area (Å²) in [6.07, 6.45) is 1.12. The molecule has 0 saturated carbocycles. The Bertz CT molecular complexity index is 300. The minimum absolute atomic E-state index is 0.133. The van der Waals surface area contributed by atoms with Crippen LogP contribution in [0.5, 0.6) is 0 Å². The number of nitrogens with zero attached hydrogens (tertiary/aromatic N) is 1. The number of rotatable bonds is 2. The van der Waals surface area contributed by atoms with Crippen LogP contribution in [0.25, 0.3) is 0 Å². The molecule has 7 heteroatoms. The molecule has 13 heavy (non-hydrogen) atoms. The summed E-state index contributed by atoms with van der Waals surface area (Å²) < 4.78 is 23.4. The molecule has 1 aliphatic rings. The van der Waals surface area contributed by atoms with Crippen molar-refractivity contribution in [1.29, 1.82) is 0 Å². The lowest BCUT2D eigenvalue weighted by molar-refractivity contribution is -0.120. The molecule has 1 heterocycles. The SMILES string of the molecule is CS(=O)(=O)N1CCNC(C(N)=O)C1. The molecule has 1 aliphatic heterocycles. The Morgan fingerprint density at radius 1 is 1.62 bits per heavy atom. The Morgan fingerprint density at radius 2 is 2.23 bits per heavy atom. The van der Waals surface area contributed by atoms with Crippen LogP contribution in [0.15, 0.2) is 0 Å². The zero-order valence-electron chi connectivity index (χ0n) is 7.36. The summed E-state index contributed by atoms with van der Waals surface area (Å²) in [5.74, 6) is -0.520. The Labute approximate surface area is 77.1 Å². The molecule has 0 aromatic rings. The van der Waals surface area contributed by atoms with Gasteiger partial charge in [0, 0.05) is 19.6 Å². The zero-order chi connectivity index (χ0) is 10.1. The van der Waals surface area contributed by atoms with Crippen molar-refractivity contribution in [2.75, 3.05) is 25.9 Å². The van der Waals surface area contributed by atoms with Gasteiger partial charge in [-0.15, -0.1) is 0 Å². The first-order chi connectivity index (χ1) is 5.91. The number of carbonyl (C=O) groups excluding carboxylic acids is 1. The standard InChI is InChI=1S/C6H13N3O3S/c1-13(11,12)9-3-2-8-5(4-9)6(7)10/h5,8H,2-4H2,1H3,(H2,7,10). The predicted molar refractivity (Wildman–Crippen MR) is 47.4 cm³/mol. The number of hydrogen-bond donors (Lipinski definition) is 2. The number of nitrogens with two attached hydrogens (primary N) is 1. The third-order valence-corrected chi connectivity index (χ3v) is 3.22. The third-order valence-electron chi connectivity index (χ3n) is 1.95. The minimum atomic E-state index is -3.21. The maximum Gasteiger partial charge on any atom is 0.235 e. The fourth-order valence-corrected chi connectivity index (χ4v) is 2.06. The van der Waals surface area contributed by atoms with Crippen molar-refractivity contribution in [3.8, 4) is 0 Å². The first-order valence-corrected chi connectivity index (χ1v) is 5.74. The molecule has 1 saturated heterocycles. The Kier molecular flexibility index (Phi) is 2.89. The van der Waals surface area contributed by atoms with Crippen molar-refractivity contribution < 1.29 is 13.2 Å². The Morgan fingerprint density at radius 3 is 2.69 bits per heavy atom. The van der Waals surface area contributed by atoms with E-state index in [2.05, 4.69) is 5.32 Å². The van der Waals surface area contributed by atoms with Crippen molar-refractivity contribution >= 4 is 15.9 Å². The summed E-state index contributed by atoms with van der Waals surface area (Å²) in [6, 6.07) is -0.566. The maximum atomic E-state index is 11.1. The molecule has 6 nitrogen and oxygen atoms in total. The van der Waals surface area contributed by atoms with Crippen molar-refractivity contribution in [2.24, 2.45) is 5.73 Å². The molecule has 1 rings (SSSR count). The van der Waals surface area contributed by atoms with Crippen LogP contribution < -0.4 is 11.1 Å². The maximum absolute atomic E-state index is 11.1. The van der Waals surface area contributed by atoms with Gasteiger partial charge in [-0.2, -0.15) is 4.31 Å². The van der Waals surface area contributed by atoms with Gasteiger partial charge >= 0.3 is 0 Å². The molecule has 76 valence electrons. The summed E-state index contributed by atoms with van der Waals surface area (Å²) in [7, 11) is -3.21. The first kappa shape index (κ1) is 10.4. The highest BCUT2D eigenvalue weighted by atomic mass is 32.2. The second-order valence-corrected chi connectivity index (χ2v) is 5.01. The van der Waals surface area contributed by atoms with Crippen molar-refractivity contribution in [3.05, 3.63) is 0 Å². The van der Waals surface area contributed by atoms with Crippen LogP contribution in [0.4, 0.5) is 0 Å². The van der Waals surface area contributed by atoms with Gasteiger partial charge in [-0.05, 0) is 0 Å². The van der Waals surface area contributed by atoms with E-state index in [1.165, 1.54) is 4.31 Å². The van der Waals surface area contributed by atoms with Gasteiger partial charge in [0.2, 0.25) is 15.9 Å². The average Bonchev–Trinajstić information content (AvgIpc) is 2.03. The topological polar surface area (TPSA) is 92.5 Å². The molecule has 1 unspecified atom stereocenters. The molecule has 1 amide bonds. The lowest BCUT2D eigenvalue weighted by atomic mass is 10.2. The lowest BCUT2D eigenvalue weighted by Gasteiger charge is -2.29. The molecular formula is C6H13N3O3S. The summed E-state index contributed by atoms with van der Waals surface area (Å²) in [5, 5.41) is 2.84. The number of sulfonamides is 1. The monoisotopic (exact) mass is 207 g/mol. The van der Waals surface area contributed by atoms with Crippen LogP contribution in [0.2, 0.25) is 0 Å². The van der Waals surface area contributed by atoms with Crippen LogP contribution in [-0.4, -0.2) is 50.6 Å². The Hall–Kier alpha value is -0.660. The van der Waals surface area contributed by atoms with Crippen LogP contribution >= 0.6 is 0 Å². The highest BCUT2D eigenvalue weighted by Crippen LogP contribution is 2.03. The van der Waals surface area contributed by atoms with E-state index in [4.69, 9.17) is 5.73 Å². The van der Waals surface area contributed by atoms with Gasteiger partial charge in [0.15, 0.2) is 0 Å². The van der Waals surface area contributed by atoms with Gasteiger partial charge < -0.3 is 11.1 Å². The molecule has 1 fully saturated rings. The van der Waals surface area contributed by atoms with Crippen molar-refractivity contribution in [1.82, 2.24) is 9.62 Å². The van der Waals surface area contributed by atoms with Crippen molar-refractivity contribution in [3.63, 3.8) is 0 Å². The van der Waals surface area contributed by atoms with E-state index >= 15 is 0 Å². The number of piperazine rings is 1. The highest BCUT2D eigenvalue weighted by Gasteiger charge is 2.28. The number of carbonyl (C=O) groups is 1. The van der Waals surface area contributed by atoms with Gasteiger partial charge in [-0.25, -0.2) is 8.42 Å². The second-order valence-electron chi connectivity index (χ2n) is 3.03. The molecule has 0 bridgehead atoms. The molecule has 0 spiro atoms. The largest absolute Gasteiger partial charge is 0.368 e. The van der Waals surface area contributed by atoms with Gasteiger partial charge in [0.25, 0.3) is 0 Å². The van der Waals surface area contributed by atoms with Gasteiger partial charge in [-0.3, -0.25) is 4.79 Å². The zero-order valence-corrected chi connectivity index (χ0v) is 8.17. The van der Waals surface area contributed by atoms with E-state index in [0.29, 0.717) is 13.1 Å². The molecule has 0 aromatic carbocycles. The minimum Gasteiger partial charge on any atom is -0.368 e. The quantitative estimate of drug-likeness (QED) is 0.533. The summed E-state index contributed by atoms with van der Waals surface area (Å²) in [6.45, 7) is 0.984. The molecule has 1 atom stereocenters. The van der Waals surface area contributed by atoms with E-state index in [1.807, 2.05) is 0 Å². The molecule has 0 radical (unpaired) electrons. The number of hydrogen-bond acceptors (Lipinski definition) is 4. The molecule has 3 N–H and O–H groups in total. The molecule has 0 aromatic heterocycles. The van der Waals surface area contributed by atoms with E-state index in [0.717, 1.165) is 6.26 Å². The van der Waals surface area contributed by atoms with Crippen LogP contribution in [0.3, 0.4) is 0 Å². The Balaban J connectivity index is 2.67. The second kappa shape index (κ2) is 3.60. The lowest BCUT2D eigenvalue weighted by Crippen LogP contribution is -2.57. The first-order valence-electron chi connectivity index (χ1n) is 3.89. The van der Waals surface area contributed by atoms with E-state index in [9.17, 15) is 13.2 Å². The molecular weight excluding hydrogens is 194 g/mol. The third kappa shape index (κ3) is 2.64. The summed E-state index contributed by atoms with van der Waals surface area (Å²) >= 11 is 0. The number of nitrogens with one attached hydrogen (secondary N) is 1. The van der Waals surface area contributed by atoms with Gasteiger partial charge in [0.05, 0.1) is 6.26 Å². The van der Waals surface area contributed by atoms with Crippen LogP contribution in [0.1, 0.15) is 0 Å². The molecule has 0 aliphatic carbocycles. The van der Waals surface area contributed by atoms with E-state index < -0.39 is 22.0 Å². The number of primary amides is 1. The highest BCUT2D eigenvalue weighted by molar-refractivity contribution is 7.88. The van der Waals surface area contributed by atoms with E-state index in [1.54, 1.807) is 0 Å². The van der Waals surface area contributed by atoms with E-state index in [-0.39, 0.29) is 6.54 Å². The van der Waals surface area contributed by atoms with Gasteiger partial charge in [-0.1, -0.05) is 0 Å².